The molecule has 2 rings (SSSR count). The van der Waals surface area contributed by atoms with Crippen LogP contribution in [0.3, 0.4) is 0 Å². The number of carbonyl (C=O) groups is 3. The molecule has 3 amide bonds. The van der Waals surface area contributed by atoms with Crippen molar-refractivity contribution < 1.29 is 24.2 Å². The molecule has 0 radical (unpaired) electrons. The van der Waals surface area contributed by atoms with Crippen molar-refractivity contribution in [1.82, 2.24) is 16.0 Å². The van der Waals surface area contributed by atoms with Gasteiger partial charge in [-0.25, -0.2) is 9.59 Å². The smallest absolute Gasteiger partial charge is 0.332 e. The molecule has 0 saturated carbocycles. The van der Waals surface area contributed by atoms with Gasteiger partial charge in [-0.15, -0.1) is 0 Å². The molecule has 4 N–H and O–H groups in total. The van der Waals surface area contributed by atoms with Gasteiger partial charge in [-0.2, -0.15) is 0 Å². The van der Waals surface area contributed by atoms with E-state index in [2.05, 4.69) is 16.0 Å². The third-order valence-electron chi connectivity index (χ3n) is 3.19. The maximum absolute atomic E-state index is 11.5. The molecular formula is C11H17N3O5. The predicted octanol–water partition coefficient (Wildman–Crippen LogP) is -1.19. The summed E-state index contributed by atoms with van der Waals surface area (Å²) in [7, 11) is 0. The first-order valence-corrected chi connectivity index (χ1v) is 6.24. The lowest BCUT2D eigenvalue weighted by Crippen LogP contribution is -2.45. The van der Waals surface area contributed by atoms with Gasteiger partial charge in [-0.3, -0.25) is 4.79 Å². The van der Waals surface area contributed by atoms with Gasteiger partial charge < -0.3 is 25.8 Å². The van der Waals surface area contributed by atoms with Crippen LogP contribution in [0.4, 0.5) is 4.79 Å². The normalized spacial score (nSPS) is 29.9. The van der Waals surface area contributed by atoms with E-state index < -0.39 is 12.1 Å². The van der Waals surface area contributed by atoms with Crippen molar-refractivity contribution in [3.8, 4) is 0 Å². The first-order chi connectivity index (χ1) is 9.04. The molecule has 3 atom stereocenters. The standard InChI is InChI=1S/C11H17N3O5/c15-9-3-6(4-12-9)14-11(18)13-5-7-1-2-8(19-7)10(16)17/h6-8H,1-5H2,(H,12,15)(H,16,17)(H2,13,14,18). The van der Waals surface area contributed by atoms with E-state index in [1.807, 2.05) is 0 Å². The van der Waals surface area contributed by atoms with E-state index in [1.165, 1.54) is 0 Å². The number of rotatable bonds is 4. The molecule has 0 aromatic rings. The molecule has 2 heterocycles. The lowest BCUT2D eigenvalue weighted by molar-refractivity contribution is -0.149. The van der Waals surface area contributed by atoms with Crippen LogP contribution in [0.15, 0.2) is 0 Å². The van der Waals surface area contributed by atoms with E-state index in [4.69, 9.17) is 9.84 Å². The van der Waals surface area contributed by atoms with Gasteiger partial charge in [-0.1, -0.05) is 0 Å². The van der Waals surface area contributed by atoms with Crippen molar-refractivity contribution in [3.63, 3.8) is 0 Å². The fourth-order valence-electron chi connectivity index (χ4n) is 2.19. The minimum Gasteiger partial charge on any atom is -0.479 e. The van der Waals surface area contributed by atoms with Gasteiger partial charge in [0.2, 0.25) is 5.91 Å². The molecule has 0 aromatic carbocycles. The van der Waals surface area contributed by atoms with Crippen LogP contribution in [-0.2, 0) is 14.3 Å². The summed E-state index contributed by atoms with van der Waals surface area (Å²) >= 11 is 0. The molecule has 2 saturated heterocycles. The molecule has 3 unspecified atom stereocenters. The van der Waals surface area contributed by atoms with E-state index in [9.17, 15) is 14.4 Å². The lowest BCUT2D eigenvalue weighted by Gasteiger charge is -2.15. The van der Waals surface area contributed by atoms with Crippen molar-refractivity contribution in [1.29, 1.82) is 0 Å². The maximum atomic E-state index is 11.5. The van der Waals surface area contributed by atoms with E-state index in [0.29, 0.717) is 19.4 Å². The fraction of sp³-hybridized carbons (Fsp3) is 0.727. The van der Waals surface area contributed by atoms with Gasteiger partial charge in [0, 0.05) is 19.5 Å². The highest BCUT2D eigenvalue weighted by Gasteiger charge is 2.30. The van der Waals surface area contributed by atoms with Crippen LogP contribution in [0.5, 0.6) is 0 Å². The van der Waals surface area contributed by atoms with Crippen molar-refractivity contribution in [2.24, 2.45) is 0 Å². The SMILES string of the molecule is O=C1CC(NC(=O)NCC2CCC(C(=O)O)O2)CN1. The second-order valence-electron chi connectivity index (χ2n) is 4.72. The summed E-state index contributed by atoms with van der Waals surface area (Å²) in [6.07, 6.45) is 0.321. The number of nitrogens with one attached hydrogen (secondary N) is 3. The van der Waals surface area contributed by atoms with Gasteiger partial charge >= 0.3 is 12.0 Å². The van der Waals surface area contributed by atoms with Crippen molar-refractivity contribution >= 4 is 17.9 Å². The molecule has 106 valence electrons. The third kappa shape index (κ3) is 3.82. The first-order valence-electron chi connectivity index (χ1n) is 6.24. The van der Waals surface area contributed by atoms with E-state index in [-0.39, 0.29) is 37.0 Å². The Morgan fingerprint density at radius 3 is 2.79 bits per heavy atom. The Bertz CT molecular complexity index is 387. The van der Waals surface area contributed by atoms with Crippen LogP contribution in [0, 0.1) is 0 Å². The zero-order chi connectivity index (χ0) is 13.8. The highest BCUT2D eigenvalue weighted by Crippen LogP contribution is 2.19. The van der Waals surface area contributed by atoms with Gasteiger partial charge in [0.25, 0.3) is 0 Å². The van der Waals surface area contributed by atoms with Crippen LogP contribution < -0.4 is 16.0 Å². The number of hydrogen-bond donors (Lipinski definition) is 4. The largest absolute Gasteiger partial charge is 0.479 e. The summed E-state index contributed by atoms with van der Waals surface area (Å²) in [6, 6.07) is -0.562. The average Bonchev–Trinajstić information content (AvgIpc) is 2.96. The van der Waals surface area contributed by atoms with Gasteiger partial charge in [-0.05, 0) is 12.8 Å². The van der Waals surface area contributed by atoms with E-state index >= 15 is 0 Å². The highest BCUT2D eigenvalue weighted by atomic mass is 16.5. The molecule has 8 nitrogen and oxygen atoms in total. The number of carboxylic acids is 1. The number of carboxylic acid groups (broad SMARTS) is 1. The van der Waals surface area contributed by atoms with Crippen LogP contribution >= 0.6 is 0 Å². The second kappa shape index (κ2) is 5.87. The second-order valence-corrected chi connectivity index (χ2v) is 4.72. The fourth-order valence-corrected chi connectivity index (χ4v) is 2.19. The summed E-state index contributed by atoms with van der Waals surface area (Å²) in [6.45, 7) is 0.705. The molecule has 2 aliphatic heterocycles. The molecular weight excluding hydrogens is 254 g/mol. The minimum absolute atomic E-state index is 0.0753. The van der Waals surface area contributed by atoms with Crippen molar-refractivity contribution in [2.75, 3.05) is 13.1 Å². The Morgan fingerprint density at radius 1 is 1.42 bits per heavy atom. The van der Waals surface area contributed by atoms with Crippen LogP contribution in [0.25, 0.3) is 0 Å². The minimum atomic E-state index is -0.970. The van der Waals surface area contributed by atoms with Gasteiger partial charge in [0.1, 0.15) is 0 Å². The number of carbonyl (C=O) groups excluding carboxylic acids is 2. The maximum Gasteiger partial charge on any atom is 0.332 e. The Kier molecular flexibility index (Phi) is 4.20. The molecule has 19 heavy (non-hydrogen) atoms. The van der Waals surface area contributed by atoms with Gasteiger partial charge in [0.05, 0.1) is 12.1 Å². The number of ether oxygens (including phenoxy) is 1. The number of urea groups is 1. The highest BCUT2D eigenvalue weighted by molar-refractivity contribution is 5.81. The Morgan fingerprint density at radius 2 is 2.21 bits per heavy atom. The molecule has 0 spiro atoms. The number of hydrogen-bond acceptors (Lipinski definition) is 4. The van der Waals surface area contributed by atoms with Crippen molar-refractivity contribution in [2.45, 2.75) is 37.5 Å². The quantitative estimate of drug-likeness (QED) is 0.513. The zero-order valence-electron chi connectivity index (χ0n) is 10.3. The Hall–Kier alpha value is -1.83. The van der Waals surface area contributed by atoms with Gasteiger partial charge in [0.15, 0.2) is 6.10 Å². The average molecular weight is 271 g/mol. The summed E-state index contributed by atoms with van der Waals surface area (Å²) < 4.78 is 5.25. The molecule has 0 aromatic heterocycles. The molecule has 2 aliphatic rings. The van der Waals surface area contributed by atoms with E-state index in [1.54, 1.807) is 0 Å². The van der Waals surface area contributed by atoms with E-state index in [0.717, 1.165) is 0 Å². The number of amides is 3. The number of aliphatic carboxylic acids is 1. The predicted molar refractivity (Wildman–Crippen MR) is 63.5 cm³/mol. The Balaban J connectivity index is 1.64. The Labute approximate surface area is 109 Å². The summed E-state index contributed by atoms with van der Waals surface area (Å²) in [4.78, 5) is 33.2. The summed E-state index contributed by atoms with van der Waals surface area (Å²) in [5, 5.41) is 16.7. The lowest BCUT2D eigenvalue weighted by atomic mass is 10.2. The molecule has 0 bridgehead atoms. The molecule has 0 aliphatic carbocycles. The van der Waals surface area contributed by atoms with Crippen LogP contribution in [0.2, 0.25) is 0 Å². The summed E-state index contributed by atoms with van der Waals surface area (Å²) in [5.41, 5.74) is 0. The monoisotopic (exact) mass is 271 g/mol. The van der Waals surface area contributed by atoms with Crippen LogP contribution in [0.1, 0.15) is 19.3 Å². The first kappa shape index (κ1) is 13.6. The molecule has 8 heteroatoms. The molecule has 2 fully saturated rings. The van der Waals surface area contributed by atoms with Crippen LogP contribution in [-0.4, -0.2) is 54.4 Å². The zero-order valence-corrected chi connectivity index (χ0v) is 10.3. The van der Waals surface area contributed by atoms with Crippen molar-refractivity contribution in [3.05, 3.63) is 0 Å². The summed E-state index contributed by atoms with van der Waals surface area (Å²) in [5.74, 6) is -1.05. The topological polar surface area (TPSA) is 117 Å². The third-order valence-corrected chi connectivity index (χ3v) is 3.19.